The van der Waals surface area contributed by atoms with Crippen LogP contribution < -0.4 is 0 Å². The number of fused-ring (bicyclic) bond motifs is 2. The number of amides is 1. The summed E-state index contributed by atoms with van der Waals surface area (Å²) in [5.41, 5.74) is 2.03. The molecule has 0 saturated carbocycles. The Balaban J connectivity index is 1.47. The van der Waals surface area contributed by atoms with Gasteiger partial charge in [-0.2, -0.15) is 0 Å². The van der Waals surface area contributed by atoms with E-state index < -0.39 is 5.91 Å². The molecule has 8 nitrogen and oxygen atoms in total. The molecule has 4 aromatic rings. The van der Waals surface area contributed by atoms with Gasteiger partial charge in [-0.05, 0) is 37.4 Å². The summed E-state index contributed by atoms with van der Waals surface area (Å²) >= 11 is 3.49. The molecule has 1 fully saturated rings. The number of likely N-dealkylation sites (N-methyl/N-ethyl adjacent to an activating group) is 1. The molecule has 5 rings (SSSR count). The predicted octanol–water partition coefficient (Wildman–Crippen LogP) is 4.79. The van der Waals surface area contributed by atoms with Gasteiger partial charge < -0.3 is 10.0 Å². The number of azo groups is 1. The van der Waals surface area contributed by atoms with Crippen LogP contribution in [0.15, 0.2) is 69.3 Å². The van der Waals surface area contributed by atoms with E-state index in [2.05, 4.69) is 48.0 Å². The van der Waals surface area contributed by atoms with E-state index in [1.54, 1.807) is 6.07 Å². The maximum Gasteiger partial charge on any atom is 0.313 e. The van der Waals surface area contributed by atoms with Gasteiger partial charge in [-0.25, -0.2) is 4.98 Å². The molecule has 1 aliphatic heterocycles. The van der Waals surface area contributed by atoms with E-state index in [4.69, 9.17) is 0 Å². The van der Waals surface area contributed by atoms with Crippen LogP contribution in [-0.4, -0.2) is 63.6 Å². The second kappa shape index (κ2) is 9.01. The molecular weight excluding hydrogens is 484 g/mol. The number of halogens is 1. The number of carbonyl (C=O) groups is 1. The second-order valence-electron chi connectivity index (χ2n) is 8.22. The van der Waals surface area contributed by atoms with Crippen LogP contribution in [-0.2, 0) is 6.67 Å². The highest BCUT2D eigenvalue weighted by Crippen LogP contribution is 2.40. The third kappa shape index (κ3) is 4.39. The van der Waals surface area contributed by atoms with Gasteiger partial charge in [0.2, 0.25) is 5.88 Å². The maximum absolute atomic E-state index is 12.7. The third-order valence-electron chi connectivity index (χ3n) is 5.97. The lowest BCUT2D eigenvalue weighted by Crippen LogP contribution is -2.44. The summed E-state index contributed by atoms with van der Waals surface area (Å²) in [7, 11) is 2.11. The van der Waals surface area contributed by atoms with Crippen molar-refractivity contribution in [3.63, 3.8) is 0 Å². The average Bonchev–Trinajstić information content (AvgIpc) is 3.08. The molecule has 0 bridgehead atoms. The Labute approximate surface area is 199 Å². The predicted molar refractivity (Wildman–Crippen MR) is 131 cm³/mol. The minimum atomic E-state index is -0.560. The van der Waals surface area contributed by atoms with Gasteiger partial charge in [0, 0.05) is 41.4 Å². The zero-order chi connectivity index (χ0) is 22.9. The fraction of sp³-hybridized carbons (Fsp3) is 0.250. The molecule has 0 unspecified atom stereocenters. The molecule has 1 N–H and O–H groups in total. The van der Waals surface area contributed by atoms with Gasteiger partial charge in [-0.3, -0.25) is 14.3 Å². The molecule has 0 aliphatic carbocycles. The number of hydrogen-bond donors (Lipinski definition) is 1. The average molecular weight is 507 g/mol. The molecule has 0 atom stereocenters. The standard InChI is InChI=1S/C24H23BrN6O2/c1-29-10-12-30(13-11-29)15-31-21-9-7-17(25)14-18(21)22(24(31)33)27-28-23(32)20-8-6-16-4-2-3-5-19(16)26-20/h2-9,14,33H,10-13,15H2,1H3. The smallest absolute Gasteiger partial charge is 0.313 e. The van der Waals surface area contributed by atoms with Crippen LogP contribution in [0.3, 0.4) is 0 Å². The van der Waals surface area contributed by atoms with Gasteiger partial charge in [0.25, 0.3) is 0 Å². The third-order valence-corrected chi connectivity index (χ3v) is 6.46. The van der Waals surface area contributed by atoms with Crippen LogP contribution in [0.25, 0.3) is 21.8 Å². The first-order valence-corrected chi connectivity index (χ1v) is 11.5. The number of carbonyl (C=O) groups excluding carboxylic acids is 1. The number of piperazine rings is 1. The number of rotatable bonds is 4. The summed E-state index contributed by atoms with van der Waals surface area (Å²) in [5, 5.41) is 20.8. The van der Waals surface area contributed by atoms with Crippen LogP contribution >= 0.6 is 15.9 Å². The molecule has 33 heavy (non-hydrogen) atoms. The maximum atomic E-state index is 12.7. The zero-order valence-electron chi connectivity index (χ0n) is 18.1. The SMILES string of the molecule is CN1CCN(Cn2c(O)c(N=NC(=O)c3ccc4ccccc4n3)c3cc(Br)ccc32)CC1. The van der Waals surface area contributed by atoms with Crippen LogP contribution in [0.2, 0.25) is 0 Å². The van der Waals surface area contributed by atoms with Crippen molar-refractivity contribution in [3.05, 3.63) is 64.8 Å². The molecule has 1 aliphatic rings. The molecular formula is C24H23BrN6O2. The number of benzene rings is 2. The number of para-hydroxylation sites is 1. The molecule has 0 radical (unpaired) electrons. The number of aromatic hydroxyl groups is 1. The fourth-order valence-corrected chi connectivity index (χ4v) is 4.42. The van der Waals surface area contributed by atoms with E-state index in [0.29, 0.717) is 12.2 Å². The fourth-order valence-electron chi connectivity index (χ4n) is 4.06. The molecule has 168 valence electrons. The van der Waals surface area contributed by atoms with Gasteiger partial charge in [-0.1, -0.05) is 40.2 Å². The summed E-state index contributed by atoms with van der Waals surface area (Å²) in [6, 6.07) is 16.8. The van der Waals surface area contributed by atoms with Gasteiger partial charge in [0.1, 0.15) is 5.69 Å². The number of hydrogen-bond acceptors (Lipinski definition) is 6. The van der Waals surface area contributed by atoms with E-state index in [0.717, 1.165) is 46.9 Å². The molecule has 1 saturated heterocycles. The van der Waals surface area contributed by atoms with Crippen molar-refractivity contribution < 1.29 is 9.90 Å². The number of aromatic nitrogens is 2. The highest BCUT2D eigenvalue weighted by Gasteiger charge is 2.21. The largest absolute Gasteiger partial charge is 0.493 e. The quantitative estimate of drug-likeness (QED) is 0.402. The van der Waals surface area contributed by atoms with E-state index in [1.165, 1.54) is 0 Å². The molecule has 2 aromatic heterocycles. The van der Waals surface area contributed by atoms with Crippen LogP contribution in [0.5, 0.6) is 5.88 Å². The lowest BCUT2D eigenvalue weighted by Gasteiger charge is -2.32. The van der Waals surface area contributed by atoms with Crippen molar-refractivity contribution in [1.82, 2.24) is 19.4 Å². The van der Waals surface area contributed by atoms with E-state index in [9.17, 15) is 9.90 Å². The zero-order valence-corrected chi connectivity index (χ0v) is 19.7. The van der Waals surface area contributed by atoms with Crippen molar-refractivity contribution in [2.24, 2.45) is 10.2 Å². The lowest BCUT2D eigenvalue weighted by atomic mass is 10.2. The first-order valence-electron chi connectivity index (χ1n) is 10.7. The van der Waals surface area contributed by atoms with Crippen molar-refractivity contribution >= 4 is 49.3 Å². The van der Waals surface area contributed by atoms with Crippen molar-refractivity contribution in [2.75, 3.05) is 33.2 Å². The Hall–Kier alpha value is -3.14. The van der Waals surface area contributed by atoms with Crippen LogP contribution in [0.4, 0.5) is 5.69 Å². The Morgan fingerprint density at radius 1 is 1.09 bits per heavy atom. The van der Waals surface area contributed by atoms with Gasteiger partial charge in [0.05, 0.1) is 17.7 Å². The summed E-state index contributed by atoms with van der Waals surface area (Å²) in [4.78, 5) is 21.7. The van der Waals surface area contributed by atoms with Gasteiger partial charge in [0.15, 0.2) is 5.69 Å². The van der Waals surface area contributed by atoms with Crippen molar-refractivity contribution in [3.8, 4) is 5.88 Å². The van der Waals surface area contributed by atoms with E-state index in [1.807, 2.05) is 53.1 Å². The minimum Gasteiger partial charge on any atom is -0.493 e. The summed E-state index contributed by atoms with van der Waals surface area (Å²) in [6.07, 6.45) is 0. The summed E-state index contributed by atoms with van der Waals surface area (Å²) in [6.45, 7) is 4.31. The Bertz CT molecular complexity index is 1370. The molecule has 9 heteroatoms. The minimum absolute atomic E-state index is 0.00921. The number of pyridine rings is 1. The summed E-state index contributed by atoms with van der Waals surface area (Å²) in [5.74, 6) is -0.569. The van der Waals surface area contributed by atoms with E-state index in [-0.39, 0.29) is 17.3 Å². The first kappa shape index (κ1) is 21.7. The lowest BCUT2D eigenvalue weighted by molar-refractivity contribution is 0.0990. The Morgan fingerprint density at radius 3 is 2.70 bits per heavy atom. The monoisotopic (exact) mass is 506 g/mol. The second-order valence-corrected chi connectivity index (χ2v) is 9.13. The van der Waals surface area contributed by atoms with Gasteiger partial charge >= 0.3 is 5.91 Å². The molecule has 0 spiro atoms. The molecule has 1 amide bonds. The van der Waals surface area contributed by atoms with E-state index >= 15 is 0 Å². The highest BCUT2D eigenvalue weighted by molar-refractivity contribution is 9.10. The van der Waals surface area contributed by atoms with Crippen molar-refractivity contribution in [2.45, 2.75) is 6.67 Å². The Kier molecular flexibility index (Phi) is 5.92. The van der Waals surface area contributed by atoms with Crippen LogP contribution in [0.1, 0.15) is 10.5 Å². The topological polar surface area (TPSA) is 86.3 Å². The summed E-state index contributed by atoms with van der Waals surface area (Å²) < 4.78 is 2.67. The first-order chi connectivity index (χ1) is 16.0. The molecule has 3 heterocycles. The Morgan fingerprint density at radius 2 is 1.88 bits per heavy atom. The number of nitrogens with zero attached hydrogens (tertiary/aromatic N) is 6. The van der Waals surface area contributed by atoms with Crippen LogP contribution in [0, 0.1) is 0 Å². The van der Waals surface area contributed by atoms with Gasteiger partial charge in [-0.15, -0.1) is 10.2 Å². The highest BCUT2D eigenvalue weighted by atomic mass is 79.9. The normalized spacial score (nSPS) is 15.7. The molecule has 2 aromatic carbocycles. The van der Waals surface area contributed by atoms with Crippen molar-refractivity contribution in [1.29, 1.82) is 0 Å².